The smallest absolute Gasteiger partial charge is 0.310 e. The van der Waals surface area contributed by atoms with E-state index in [0.29, 0.717) is 18.7 Å². The van der Waals surface area contributed by atoms with Gasteiger partial charge in [-0.3, -0.25) is 14.4 Å². The number of allylic oxidation sites excluding steroid dienone is 2. The number of hydrogen-bond donors (Lipinski definition) is 2. The van der Waals surface area contributed by atoms with Crippen LogP contribution < -0.4 is 11.1 Å². The molecule has 1 fully saturated rings. The van der Waals surface area contributed by atoms with Crippen molar-refractivity contribution in [2.75, 3.05) is 11.9 Å². The Morgan fingerprint density at radius 2 is 2.04 bits per heavy atom. The summed E-state index contributed by atoms with van der Waals surface area (Å²) in [5.74, 6) is -2.16. The number of rotatable bonds is 3. The number of primary amides is 1. The molecule has 1 heterocycles. The number of ether oxygens (including phenoxy) is 1. The molecule has 0 aromatic heterocycles. The maximum atomic E-state index is 12.6. The summed E-state index contributed by atoms with van der Waals surface area (Å²) in [4.78, 5) is 36.1. The van der Waals surface area contributed by atoms with Crippen molar-refractivity contribution in [1.82, 2.24) is 0 Å². The second-order valence-corrected chi connectivity index (χ2v) is 5.82. The molecule has 2 aliphatic rings. The summed E-state index contributed by atoms with van der Waals surface area (Å²) < 4.78 is 5.11. The summed E-state index contributed by atoms with van der Waals surface area (Å²) in [7, 11) is 0. The number of nitrogens with one attached hydrogen (secondary N) is 1. The number of benzene rings is 1. The van der Waals surface area contributed by atoms with Crippen LogP contribution in [0.4, 0.5) is 5.69 Å². The summed E-state index contributed by atoms with van der Waals surface area (Å²) in [6, 6.07) is 6.55. The lowest BCUT2D eigenvalue weighted by atomic mass is 9.73. The van der Waals surface area contributed by atoms with Crippen LogP contribution >= 0.6 is 0 Å². The fourth-order valence-corrected chi connectivity index (χ4v) is 3.27. The molecule has 6 heteroatoms. The van der Waals surface area contributed by atoms with Gasteiger partial charge in [0.25, 0.3) is 5.91 Å². The van der Waals surface area contributed by atoms with E-state index in [4.69, 9.17) is 10.5 Å². The van der Waals surface area contributed by atoms with E-state index in [-0.39, 0.29) is 23.4 Å². The highest BCUT2D eigenvalue weighted by Crippen LogP contribution is 2.37. The Hall–Kier alpha value is -2.63. The van der Waals surface area contributed by atoms with Crippen molar-refractivity contribution in [3.05, 3.63) is 42.0 Å². The monoisotopic (exact) mass is 314 g/mol. The standard InChI is InChI=1S/C17H18N2O4/c18-15(20)11-5-1-2-7-13(11)19-16(21)12-6-3-4-10-8-9-23-17(22)14(10)12/h1-5,7,10,12,14H,6,8-9H2,(H2,18,20)(H,19,21)/t10-,12?,14+/m1/s1. The molecule has 0 spiro atoms. The second-order valence-electron chi connectivity index (χ2n) is 5.82. The number of fused-ring (bicyclic) bond motifs is 1. The first-order valence-electron chi connectivity index (χ1n) is 7.61. The Balaban J connectivity index is 1.82. The molecule has 1 aromatic carbocycles. The van der Waals surface area contributed by atoms with Gasteiger partial charge < -0.3 is 15.8 Å². The Morgan fingerprint density at radius 1 is 1.26 bits per heavy atom. The van der Waals surface area contributed by atoms with Crippen LogP contribution in [0.3, 0.4) is 0 Å². The van der Waals surface area contributed by atoms with Gasteiger partial charge in [-0.1, -0.05) is 24.3 Å². The largest absolute Gasteiger partial charge is 0.465 e. The average molecular weight is 314 g/mol. The number of nitrogens with two attached hydrogens (primary N) is 1. The molecule has 3 rings (SSSR count). The third kappa shape index (κ3) is 2.97. The van der Waals surface area contributed by atoms with Crippen molar-refractivity contribution in [2.24, 2.45) is 23.5 Å². The molecule has 3 atom stereocenters. The van der Waals surface area contributed by atoms with E-state index in [2.05, 4.69) is 5.32 Å². The van der Waals surface area contributed by atoms with Crippen molar-refractivity contribution < 1.29 is 19.1 Å². The van der Waals surface area contributed by atoms with Crippen LogP contribution in [0.2, 0.25) is 0 Å². The van der Waals surface area contributed by atoms with Gasteiger partial charge in [-0.25, -0.2) is 0 Å². The van der Waals surface area contributed by atoms with Gasteiger partial charge in [-0.15, -0.1) is 0 Å². The van der Waals surface area contributed by atoms with Crippen molar-refractivity contribution in [2.45, 2.75) is 12.8 Å². The summed E-state index contributed by atoms with van der Waals surface area (Å²) in [6.07, 6.45) is 5.13. The number of carbonyl (C=O) groups is 3. The lowest BCUT2D eigenvalue weighted by molar-refractivity contribution is -0.160. The molecule has 1 unspecified atom stereocenters. The second kappa shape index (κ2) is 6.24. The van der Waals surface area contributed by atoms with Crippen LogP contribution in [0.1, 0.15) is 23.2 Å². The number of esters is 1. The fourth-order valence-electron chi connectivity index (χ4n) is 3.27. The highest BCUT2D eigenvalue weighted by atomic mass is 16.5. The molecule has 2 amide bonds. The molecule has 0 radical (unpaired) electrons. The van der Waals surface area contributed by atoms with E-state index < -0.39 is 17.7 Å². The minimum Gasteiger partial charge on any atom is -0.465 e. The SMILES string of the molecule is NC(=O)c1ccccc1NC(=O)C1CC=C[C@@H]2CCOC(=O)[C@H]12. The molecule has 1 saturated heterocycles. The predicted octanol–water partition coefficient (Wildman–Crippen LogP) is 1.48. The molecule has 3 N–H and O–H groups in total. The lowest BCUT2D eigenvalue weighted by Gasteiger charge is -2.35. The van der Waals surface area contributed by atoms with E-state index >= 15 is 0 Å². The lowest BCUT2D eigenvalue weighted by Crippen LogP contribution is -2.43. The first kappa shape index (κ1) is 15.3. The Kier molecular flexibility index (Phi) is 4.14. The summed E-state index contributed by atoms with van der Waals surface area (Å²) >= 11 is 0. The van der Waals surface area contributed by atoms with E-state index in [1.807, 2.05) is 12.2 Å². The van der Waals surface area contributed by atoms with Gasteiger partial charge in [0, 0.05) is 0 Å². The number of cyclic esters (lactones) is 1. The van der Waals surface area contributed by atoms with Crippen LogP contribution in [0.25, 0.3) is 0 Å². The van der Waals surface area contributed by atoms with Gasteiger partial charge in [-0.2, -0.15) is 0 Å². The Labute approximate surface area is 133 Å². The molecular weight excluding hydrogens is 296 g/mol. The maximum Gasteiger partial charge on any atom is 0.310 e. The fraction of sp³-hybridized carbons (Fsp3) is 0.353. The van der Waals surface area contributed by atoms with Crippen LogP contribution in [0.5, 0.6) is 0 Å². The van der Waals surface area contributed by atoms with Crippen molar-refractivity contribution in [1.29, 1.82) is 0 Å². The van der Waals surface area contributed by atoms with Crippen molar-refractivity contribution in [3.63, 3.8) is 0 Å². The zero-order valence-electron chi connectivity index (χ0n) is 12.5. The number of para-hydroxylation sites is 1. The van der Waals surface area contributed by atoms with Gasteiger partial charge in [0.2, 0.25) is 5.91 Å². The third-order valence-electron chi connectivity index (χ3n) is 4.42. The van der Waals surface area contributed by atoms with E-state index in [1.54, 1.807) is 24.3 Å². The minimum absolute atomic E-state index is 0.0344. The molecule has 1 aromatic rings. The average Bonchev–Trinajstić information content (AvgIpc) is 2.55. The number of carbonyl (C=O) groups excluding carboxylic acids is 3. The Bertz CT molecular complexity index is 683. The molecular formula is C17H18N2O4. The topological polar surface area (TPSA) is 98.5 Å². The van der Waals surface area contributed by atoms with Gasteiger partial charge in [0.15, 0.2) is 0 Å². The van der Waals surface area contributed by atoms with E-state index in [0.717, 1.165) is 6.42 Å². The van der Waals surface area contributed by atoms with Crippen LogP contribution in [-0.2, 0) is 14.3 Å². The van der Waals surface area contributed by atoms with Gasteiger partial charge in [0.05, 0.1) is 29.7 Å². The number of amides is 2. The summed E-state index contributed by atoms with van der Waals surface area (Å²) in [5, 5.41) is 2.73. The minimum atomic E-state index is -0.612. The highest BCUT2D eigenvalue weighted by molar-refractivity contribution is 6.04. The maximum absolute atomic E-state index is 12.6. The summed E-state index contributed by atoms with van der Waals surface area (Å²) in [6.45, 7) is 0.392. The predicted molar refractivity (Wildman–Crippen MR) is 83.4 cm³/mol. The molecule has 6 nitrogen and oxygen atoms in total. The third-order valence-corrected chi connectivity index (χ3v) is 4.42. The van der Waals surface area contributed by atoms with Gasteiger partial charge in [0.1, 0.15) is 0 Å². The normalized spacial score (nSPS) is 26.1. The summed E-state index contributed by atoms with van der Waals surface area (Å²) in [5.41, 5.74) is 5.93. The zero-order chi connectivity index (χ0) is 16.4. The van der Waals surface area contributed by atoms with E-state index in [9.17, 15) is 14.4 Å². The van der Waals surface area contributed by atoms with Crippen LogP contribution in [0, 0.1) is 17.8 Å². The first-order chi connectivity index (χ1) is 11.1. The molecule has 1 aliphatic heterocycles. The van der Waals surface area contributed by atoms with Gasteiger partial charge >= 0.3 is 5.97 Å². The molecule has 23 heavy (non-hydrogen) atoms. The molecule has 0 saturated carbocycles. The van der Waals surface area contributed by atoms with Gasteiger partial charge in [-0.05, 0) is 30.9 Å². The highest BCUT2D eigenvalue weighted by Gasteiger charge is 2.43. The quantitative estimate of drug-likeness (QED) is 0.652. The van der Waals surface area contributed by atoms with Crippen molar-refractivity contribution in [3.8, 4) is 0 Å². The van der Waals surface area contributed by atoms with Crippen LogP contribution in [-0.4, -0.2) is 24.4 Å². The zero-order valence-corrected chi connectivity index (χ0v) is 12.5. The van der Waals surface area contributed by atoms with Crippen molar-refractivity contribution >= 4 is 23.5 Å². The van der Waals surface area contributed by atoms with E-state index in [1.165, 1.54) is 0 Å². The first-order valence-corrected chi connectivity index (χ1v) is 7.61. The number of anilines is 1. The molecule has 120 valence electrons. The molecule has 1 aliphatic carbocycles. The van der Waals surface area contributed by atoms with Crippen LogP contribution in [0.15, 0.2) is 36.4 Å². The number of hydrogen-bond acceptors (Lipinski definition) is 4. The Morgan fingerprint density at radius 3 is 2.83 bits per heavy atom. The molecule has 0 bridgehead atoms.